The van der Waals surface area contributed by atoms with Gasteiger partial charge in [-0.1, -0.05) is 0 Å². The molecule has 0 aromatic heterocycles. The average Bonchev–Trinajstić information content (AvgIpc) is 1.35. The molecule has 0 saturated heterocycles. The fourth-order valence-corrected chi connectivity index (χ4v) is 0.166. The molecule has 0 aliphatic heterocycles. The van der Waals surface area contributed by atoms with Crippen molar-refractivity contribution in [2.45, 2.75) is 6.92 Å². The van der Waals surface area contributed by atoms with Crippen LogP contribution in [0.25, 0.3) is 0 Å². The van der Waals surface area contributed by atoms with Crippen molar-refractivity contribution in [2.24, 2.45) is 0 Å². The van der Waals surface area contributed by atoms with Crippen molar-refractivity contribution in [1.82, 2.24) is 0 Å². The molecule has 0 bridgehead atoms. The van der Waals surface area contributed by atoms with E-state index in [1.54, 1.807) is 0 Å². The van der Waals surface area contributed by atoms with Crippen molar-refractivity contribution in [2.75, 3.05) is 7.11 Å². The van der Waals surface area contributed by atoms with E-state index in [1.165, 1.54) is 14.0 Å². The average molecular weight is 176 g/mol. The minimum atomic E-state index is -0.0579. The van der Waals surface area contributed by atoms with Crippen molar-refractivity contribution >= 4 is 5.78 Å². The van der Waals surface area contributed by atoms with Gasteiger partial charge >= 0.3 is 0 Å². The Labute approximate surface area is 68.5 Å². The normalized spacial score (nSPS) is 6.57. The van der Waals surface area contributed by atoms with Gasteiger partial charge in [-0.2, -0.15) is 0 Å². The van der Waals surface area contributed by atoms with Crippen LogP contribution in [-0.2, 0) is 42.2 Å². The largest absolute Gasteiger partial charge is 0.528 e. The fraction of sp³-hybridized carbons (Fsp3) is 0.500. The van der Waals surface area contributed by atoms with Gasteiger partial charge in [0.05, 0.1) is 0 Å². The van der Waals surface area contributed by atoms with Gasteiger partial charge in [0.2, 0.25) is 0 Å². The first-order valence-corrected chi connectivity index (χ1v) is 1.64. The van der Waals surface area contributed by atoms with Crippen LogP contribution in [0.2, 0.25) is 0 Å². The molecule has 0 aromatic rings. The first-order valence-electron chi connectivity index (χ1n) is 1.64. The third-order valence-electron chi connectivity index (χ3n) is 0.284. The Hall–Kier alpha value is 0.604. The van der Waals surface area contributed by atoms with Gasteiger partial charge in [0, 0.05) is 45.6 Å². The molecule has 0 heterocycles. The van der Waals surface area contributed by atoms with Crippen LogP contribution in [0.15, 0.2) is 0 Å². The maximum absolute atomic E-state index is 9.86. The van der Waals surface area contributed by atoms with Gasteiger partial charge in [-0.3, -0.25) is 0 Å². The zero-order valence-electron chi connectivity index (χ0n) is 4.47. The molecule has 0 aliphatic carbocycles. The summed E-state index contributed by atoms with van der Waals surface area (Å²) in [4.78, 5) is 9.86. The molecule has 0 aliphatic rings. The predicted molar refractivity (Wildman–Crippen MR) is 22.0 cm³/mol. The Morgan fingerprint density at radius 1 is 1.71 bits per heavy atom. The molecule has 0 aromatic carbocycles. The van der Waals surface area contributed by atoms with Gasteiger partial charge in [-0.05, 0) is 6.92 Å². The van der Waals surface area contributed by atoms with E-state index in [9.17, 15) is 4.79 Å². The predicted octanol–water partition coefficient (Wildman–Crippen LogP) is 0.381. The summed E-state index contributed by atoms with van der Waals surface area (Å²) in [7, 11) is 1.45. The standard InChI is InChI=1S/C4H7O2.Y/c1-4(5)3-6-2;/h3H,1-2H3;/q-1;. The van der Waals surface area contributed by atoms with Gasteiger partial charge in [-0.25, -0.2) is 6.61 Å². The Bertz CT molecular complexity index is 53.7. The zero-order valence-corrected chi connectivity index (χ0v) is 7.31. The van der Waals surface area contributed by atoms with Gasteiger partial charge in [0.25, 0.3) is 0 Å². The molecule has 2 nitrogen and oxygen atoms in total. The molecule has 39 valence electrons. The van der Waals surface area contributed by atoms with E-state index in [-0.39, 0.29) is 38.5 Å². The SMILES string of the molecule is CO[CH-]C(C)=O.[Y]. The molecule has 0 amide bonds. The fourth-order valence-electron chi connectivity index (χ4n) is 0.166. The maximum Gasteiger partial charge on any atom is 0.0192 e. The van der Waals surface area contributed by atoms with E-state index in [0.717, 1.165) is 6.61 Å². The Balaban J connectivity index is 0. The van der Waals surface area contributed by atoms with Gasteiger partial charge in [-0.15, -0.1) is 0 Å². The minimum Gasteiger partial charge on any atom is -0.528 e. The number of carbonyl (C=O) groups excluding carboxylic acids is 1. The zero-order chi connectivity index (χ0) is 4.99. The molecule has 0 fully saturated rings. The van der Waals surface area contributed by atoms with Crippen molar-refractivity contribution in [1.29, 1.82) is 0 Å². The van der Waals surface area contributed by atoms with Crippen LogP contribution in [0.5, 0.6) is 0 Å². The van der Waals surface area contributed by atoms with E-state index >= 15 is 0 Å². The van der Waals surface area contributed by atoms with E-state index < -0.39 is 0 Å². The van der Waals surface area contributed by atoms with Crippen LogP contribution in [0, 0.1) is 6.61 Å². The summed E-state index contributed by atoms with van der Waals surface area (Å²) in [6.45, 7) is 2.59. The summed E-state index contributed by atoms with van der Waals surface area (Å²) >= 11 is 0. The summed E-state index contributed by atoms with van der Waals surface area (Å²) in [6, 6.07) is 0. The van der Waals surface area contributed by atoms with Crippen molar-refractivity contribution in [3.8, 4) is 0 Å². The topological polar surface area (TPSA) is 26.3 Å². The number of ether oxygens (including phenoxy) is 1. The summed E-state index contributed by atoms with van der Waals surface area (Å²) in [5.41, 5.74) is 0. The maximum atomic E-state index is 9.86. The number of rotatable bonds is 2. The molecule has 0 saturated carbocycles. The number of methoxy groups -OCH3 is 1. The Morgan fingerprint density at radius 3 is 2.14 bits per heavy atom. The van der Waals surface area contributed by atoms with E-state index in [2.05, 4.69) is 4.74 Å². The van der Waals surface area contributed by atoms with Crippen molar-refractivity contribution < 1.29 is 42.2 Å². The Morgan fingerprint density at radius 2 is 2.14 bits per heavy atom. The smallest absolute Gasteiger partial charge is 0.0192 e. The van der Waals surface area contributed by atoms with Crippen molar-refractivity contribution in [3.63, 3.8) is 0 Å². The minimum absolute atomic E-state index is 0. The summed E-state index contributed by atoms with van der Waals surface area (Å²) in [5.74, 6) is -0.0579. The number of hydrogen-bond acceptors (Lipinski definition) is 2. The van der Waals surface area contributed by atoms with Crippen molar-refractivity contribution in [3.05, 3.63) is 6.61 Å². The van der Waals surface area contributed by atoms with E-state index in [0.29, 0.717) is 0 Å². The molecule has 0 N–H and O–H groups in total. The second-order valence-corrected chi connectivity index (χ2v) is 0.964. The number of hydrogen-bond donors (Lipinski definition) is 0. The molecule has 0 atom stereocenters. The van der Waals surface area contributed by atoms with Gasteiger partial charge in [0.1, 0.15) is 0 Å². The van der Waals surface area contributed by atoms with Crippen LogP contribution in [0.3, 0.4) is 0 Å². The van der Waals surface area contributed by atoms with Crippen LogP contribution in [0.1, 0.15) is 6.92 Å². The molecule has 0 rings (SSSR count). The van der Waals surface area contributed by atoms with E-state index in [1.807, 2.05) is 0 Å². The monoisotopic (exact) mass is 176 g/mol. The number of carbonyl (C=O) groups is 1. The van der Waals surface area contributed by atoms with Crippen LogP contribution >= 0.6 is 0 Å². The molecule has 7 heavy (non-hydrogen) atoms. The summed E-state index contributed by atoms with van der Waals surface area (Å²) < 4.78 is 4.33. The third kappa shape index (κ3) is 10.8. The molecule has 0 spiro atoms. The number of Topliss-reactive ketones (excluding diaryl/α,β-unsaturated/α-hetero) is 1. The Kier molecular flexibility index (Phi) is 9.96. The second kappa shape index (κ2) is 6.60. The van der Waals surface area contributed by atoms with Gasteiger partial charge < -0.3 is 9.53 Å². The first kappa shape index (κ1) is 10.6. The summed E-state index contributed by atoms with van der Waals surface area (Å²) in [6.07, 6.45) is 0. The molecule has 1 radical (unpaired) electrons. The molecule has 0 unspecified atom stereocenters. The third-order valence-corrected chi connectivity index (χ3v) is 0.284. The summed E-state index contributed by atoms with van der Waals surface area (Å²) in [5, 5.41) is 0. The molecule has 3 heteroatoms. The molecular formula is C4H7O2Y-. The second-order valence-electron chi connectivity index (χ2n) is 0.964. The number of ketones is 1. The quantitative estimate of drug-likeness (QED) is 0.568. The van der Waals surface area contributed by atoms with Crippen LogP contribution < -0.4 is 0 Å². The first-order chi connectivity index (χ1) is 2.77. The molecular weight excluding hydrogens is 169 g/mol. The van der Waals surface area contributed by atoms with Gasteiger partial charge in [0.15, 0.2) is 0 Å². The van der Waals surface area contributed by atoms with E-state index in [4.69, 9.17) is 0 Å². The van der Waals surface area contributed by atoms with Crippen LogP contribution in [-0.4, -0.2) is 12.9 Å². The van der Waals surface area contributed by atoms with Crippen LogP contribution in [0.4, 0.5) is 0 Å².